The molecule has 1 fully saturated rings. The number of hydrogen-bond acceptors (Lipinski definition) is 6. The molecule has 1 aliphatic rings. The fraction of sp³-hybridized carbons (Fsp3) is 0.583. The molecule has 0 bridgehead atoms. The lowest BCUT2D eigenvalue weighted by molar-refractivity contribution is -0.118. The van der Waals surface area contributed by atoms with Gasteiger partial charge in [0.2, 0.25) is 5.91 Å². The number of carbonyl (C=O) groups excluding carboxylic acids is 1. The van der Waals surface area contributed by atoms with E-state index < -0.39 is 0 Å². The number of methoxy groups -OCH3 is 1. The Kier molecular flexibility index (Phi) is 37.5. The third-order valence-electron chi connectivity index (χ3n) is 5.72. The molecule has 44 heavy (non-hydrogen) atoms. The van der Waals surface area contributed by atoms with Gasteiger partial charge in [0.15, 0.2) is 0 Å². The minimum atomic E-state index is -0.197. The summed E-state index contributed by atoms with van der Waals surface area (Å²) >= 11 is -0.197. The van der Waals surface area contributed by atoms with Crippen LogP contribution in [0.25, 0.3) is 0 Å². The summed E-state index contributed by atoms with van der Waals surface area (Å²) < 4.78 is 15.3. The highest BCUT2D eigenvalue weighted by atomic mass is 127. The van der Waals surface area contributed by atoms with Gasteiger partial charge in [-0.25, -0.2) is 3.15 Å². The number of aliphatic hydroxyl groups excluding tert-OH is 1. The zero-order valence-electron chi connectivity index (χ0n) is 29.4. The van der Waals surface area contributed by atoms with E-state index in [0.717, 1.165) is 51.1 Å². The van der Waals surface area contributed by atoms with Crippen molar-refractivity contribution in [3.8, 4) is 0 Å². The molecule has 0 unspecified atom stereocenters. The molecule has 0 aliphatic carbocycles. The average Bonchev–Trinajstić information content (AvgIpc) is 3.01. The van der Waals surface area contributed by atoms with E-state index in [9.17, 15) is 4.79 Å². The fourth-order valence-electron chi connectivity index (χ4n) is 3.89. The number of nitrogens with zero attached hydrogens (tertiary/aromatic N) is 1. The zero-order chi connectivity index (χ0) is 34.0. The fourth-order valence-corrected chi connectivity index (χ4v) is 4.73. The molecular formula is C36H64IN3O4. The van der Waals surface area contributed by atoms with Crippen LogP contribution in [0.4, 0.5) is 0 Å². The van der Waals surface area contributed by atoms with Crippen molar-refractivity contribution in [1.82, 2.24) is 10.6 Å². The topological polar surface area (TPSA) is 92.2 Å². The smallest absolute Gasteiger partial charge is 0.216 e. The number of carbonyl (C=O) groups is 1. The number of rotatable bonds is 16. The lowest BCUT2D eigenvalue weighted by Gasteiger charge is -2.20. The number of aliphatic hydroxyl groups is 1. The van der Waals surface area contributed by atoms with Crippen molar-refractivity contribution in [3.05, 3.63) is 83.7 Å². The maximum Gasteiger partial charge on any atom is 0.216 e. The molecule has 8 heteroatoms. The van der Waals surface area contributed by atoms with Gasteiger partial charge in [-0.1, -0.05) is 75.5 Å². The minimum absolute atomic E-state index is 0.00297. The molecule has 3 N–H and O–H groups in total. The molecule has 0 spiro atoms. The summed E-state index contributed by atoms with van der Waals surface area (Å²) in [4.78, 5) is 13.2. The summed E-state index contributed by atoms with van der Waals surface area (Å²) in [6, 6.07) is 0. The molecule has 0 saturated carbocycles. The molecule has 7 nitrogen and oxygen atoms in total. The number of alkyl halides is 1. The highest BCUT2D eigenvalue weighted by molar-refractivity contribution is 14.2. The Balaban J connectivity index is -0.000000789. The first-order valence-electron chi connectivity index (χ1n) is 15.6. The van der Waals surface area contributed by atoms with Crippen LogP contribution < -0.4 is 10.6 Å². The van der Waals surface area contributed by atoms with Crippen LogP contribution in [-0.2, 0) is 14.3 Å². The molecule has 0 radical (unpaired) electrons. The van der Waals surface area contributed by atoms with Crippen molar-refractivity contribution in [2.75, 3.05) is 58.6 Å². The van der Waals surface area contributed by atoms with Gasteiger partial charge in [-0.15, -0.1) is 0 Å². The van der Waals surface area contributed by atoms with E-state index >= 15 is 0 Å². The van der Waals surface area contributed by atoms with Gasteiger partial charge in [0, 0.05) is 45.1 Å². The van der Waals surface area contributed by atoms with Crippen LogP contribution in [0.15, 0.2) is 86.8 Å². The Morgan fingerprint density at radius 1 is 1.18 bits per heavy atom. The van der Waals surface area contributed by atoms with E-state index in [1.165, 1.54) is 24.0 Å². The standard InChI is InChI=1S/C21H32IN3O.C12H22O2.C2H6.CH4O/c1-5-6-8-19(10-12-24-18(3)26)15-21(25-22-4)14-17(2)13-20-9-7-11-23-16-20;1-5-6-7-11(2)9-14-10-12(3)8-13-4;2*1-2/h5-6,8,13-15,20,23H,1,7,9-12,16H2,2-4H3,(H,24,26);5-7,12H,8-10H2,1-4H3;1-2H3;2H,1H3/b8-6-,17-13+,19-15-,21-14-;6-5-,11-7+;;/t20-;12-;;/m00../s1. The molecule has 0 aromatic heterocycles. The number of ether oxygens (including phenoxy) is 2. The lowest BCUT2D eigenvalue weighted by atomic mass is 9.97. The van der Waals surface area contributed by atoms with Crippen molar-refractivity contribution in [2.24, 2.45) is 15.0 Å². The van der Waals surface area contributed by atoms with E-state index in [0.29, 0.717) is 25.0 Å². The van der Waals surface area contributed by atoms with Crippen molar-refractivity contribution in [1.29, 1.82) is 0 Å². The Bertz CT molecular complexity index is 928. The van der Waals surface area contributed by atoms with Gasteiger partial charge >= 0.3 is 0 Å². The number of amides is 1. The van der Waals surface area contributed by atoms with Gasteiger partial charge in [0.1, 0.15) is 0 Å². The monoisotopic (exact) mass is 729 g/mol. The quantitative estimate of drug-likeness (QED) is 0.0846. The molecule has 2 atom stereocenters. The van der Waals surface area contributed by atoms with Crippen molar-refractivity contribution in [3.63, 3.8) is 0 Å². The first kappa shape index (κ1) is 46.4. The Hall–Kier alpha value is -1.98. The van der Waals surface area contributed by atoms with Crippen molar-refractivity contribution < 1.29 is 19.4 Å². The normalized spacial score (nSPS) is 17.0. The maximum absolute atomic E-state index is 11.1. The highest BCUT2D eigenvalue weighted by Crippen LogP contribution is 2.18. The number of nitrogens with one attached hydrogen (secondary N) is 2. The first-order valence-corrected chi connectivity index (χ1v) is 18.7. The molecular weight excluding hydrogens is 665 g/mol. The SMILES string of the molecule is C/C=C\C=C(/C)COC[C@@H](C)COC.C=C\C=C/C(=C/C(=C/C(C)=C/[C@@H]1CCCNC1)N=IC)CCNC(C)=O.CC.CO. The second-order valence-electron chi connectivity index (χ2n) is 10.0. The van der Waals surface area contributed by atoms with E-state index in [4.69, 9.17) is 17.7 Å². The van der Waals surface area contributed by atoms with Crippen molar-refractivity contribution >= 4 is 26.9 Å². The third kappa shape index (κ3) is 31.4. The summed E-state index contributed by atoms with van der Waals surface area (Å²) in [7, 11) is 2.72. The molecule has 1 aliphatic heterocycles. The molecule has 1 saturated heterocycles. The molecule has 1 heterocycles. The Labute approximate surface area is 280 Å². The largest absolute Gasteiger partial charge is 0.400 e. The lowest BCUT2D eigenvalue weighted by Crippen LogP contribution is -2.28. The summed E-state index contributed by atoms with van der Waals surface area (Å²) in [5.74, 6) is 1.08. The average molecular weight is 730 g/mol. The number of piperidine rings is 1. The summed E-state index contributed by atoms with van der Waals surface area (Å²) in [6.45, 7) is 22.7. The van der Waals surface area contributed by atoms with E-state index in [2.05, 4.69) is 67.2 Å². The molecule has 254 valence electrons. The van der Waals surface area contributed by atoms with Crippen LogP contribution in [0.2, 0.25) is 0 Å². The van der Waals surface area contributed by atoms with Gasteiger partial charge in [-0.05, 0) is 96.8 Å². The predicted molar refractivity (Wildman–Crippen MR) is 200 cm³/mol. The first-order chi connectivity index (χ1) is 21.2. The Morgan fingerprint density at radius 2 is 1.89 bits per heavy atom. The summed E-state index contributed by atoms with van der Waals surface area (Å²) in [6.07, 6.45) is 21.8. The van der Waals surface area contributed by atoms with Crippen LogP contribution in [0.3, 0.4) is 0 Å². The summed E-state index contributed by atoms with van der Waals surface area (Å²) in [5, 5.41) is 13.3. The second kappa shape index (κ2) is 35.5. The van der Waals surface area contributed by atoms with Gasteiger partial charge in [-0.3, -0.25) is 4.79 Å². The third-order valence-corrected chi connectivity index (χ3v) is 6.75. The number of halogens is 1. The van der Waals surface area contributed by atoms with Crippen molar-refractivity contribution in [2.45, 2.75) is 67.7 Å². The van der Waals surface area contributed by atoms with Crippen LogP contribution >= 0.6 is 21.0 Å². The van der Waals surface area contributed by atoms with Gasteiger partial charge in [0.25, 0.3) is 0 Å². The van der Waals surface area contributed by atoms with Gasteiger partial charge in [0.05, 0.1) is 25.5 Å². The number of allylic oxidation sites excluding steroid dienone is 9. The van der Waals surface area contributed by atoms with Crippen LogP contribution in [0.5, 0.6) is 0 Å². The van der Waals surface area contributed by atoms with Crippen LogP contribution in [0, 0.1) is 11.8 Å². The molecule has 1 amide bonds. The van der Waals surface area contributed by atoms with E-state index in [1.807, 2.05) is 45.1 Å². The maximum atomic E-state index is 11.1. The minimum Gasteiger partial charge on any atom is -0.400 e. The van der Waals surface area contributed by atoms with Crippen LogP contribution in [-0.4, -0.2) is 69.6 Å². The van der Waals surface area contributed by atoms with Gasteiger partial charge < -0.3 is 25.2 Å². The summed E-state index contributed by atoms with van der Waals surface area (Å²) in [5.41, 5.74) is 4.66. The zero-order valence-corrected chi connectivity index (χ0v) is 31.6. The molecule has 0 aromatic rings. The van der Waals surface area contributed by atoms with E-state index in [1.54, 1.807) is 20.1 Å². The highest BCUT2D eigenvalue weighted by Gasteiger charge is 2.10. The molecule has 1 rings (SSSR count). The number of hydrogen-bond donors (Lipinski definition) is 3. The second-order valence-corrected chi connectivity index (χ2v) is 11.4. The molecule has 0 aromatic carbocycles. The Morgan fingerprint density at radius 3 is 2.43 bits per heavy atom. The van der Waals surface area contributed by atoms with Gasteiger partial charge in [-0.2, -0.15) is 0 Å². The van der Waals surface area contributed by atoms with E-state index in [-0.39, 0.29) is 26.9 Å². The predicted octanol–water partition coefficient (Wildman–Crippen LogP) is 8.24. The van der Waals surface area contributed by atoms with Crippen LogP contribution in [0.1, 0.15) is 67.7 Å².